The first kappa shape index (κ1) is 13.8. The van der Waals surface area contributed by atoms with Crippen LogP contribution in [0.2, 0.25) is 5.02 Å². The topological polar surface area (TPSA) is 73.4 Å². The van der Waals surface area contributed by atoms with Gasteiger partial charge in [0.25, 0.3) is 5.91 Å². The van der Waals surface area contributed by atoms with E-state index in [9.17, 15) is 4.79 Å². The lowest BCUT2D eigenvalue weighted by Crippen LogP contribution is -2.39. The van der Waals surface area contributed by atoms with Gasteiger partial charge in [0.2, 0.25) is 0 Å². The molecule has 0 fully saturated rings. The summed E-state index contributed by atoms with van der Waals surface area (Å²) in [7, 11) is 0. The third-order valence-corrected chi connectivity index (χ3v) is 3.53. The van der Waals surface area contributed by atoms with Crippen LogP contribution in [-0.2, 0) is 11.3 Å². The van der Waals surface area contributed by atoms with Crippen molar-refractivity contribution in [2.75, 3.05) is 23.8 Å². The van der Waals surface area contributed by atoms with Gasteiger partial charge < -0.3 is 15.4 Å². The summed E-state index contributed by atoms with van der Waals surface area (Å²) in [5, 5.41) is 4.70. The number of benzene rings is 1. The average Bonchev–Trinajstić information content (AvgIpc) is 2.87. The van der Waals surface area contributed by atoms with E-state index >= 15 is 0 Å². The molecule has 0 saturated heterocycles. The van der Waals surface area contributed by atoms with E-state index < -0.39 is 0 Å². The predicted molar refractivity (Wildman–Crippen MR) is 80.6 cm³/mol. The van der Waals surface area contributed by atoms with Gasteiger partial charge in [-0.3, -0.25) is 9.48 Å². The summed E-state index contributed by atoms with van der Waals surface area (Å²) in [5.74, 6) is 1.11. The Hall–Kier alpha value is -2.21. The Labute approximate surface area is 127 Å². The van der Waals surface area contributed by atoms with Gasteiger partial charge in [-0.15, -0.1) is 0 Å². The number of aryl methyl sites for hydroxylation is 1. The molecule has 21 heavy (non-hydrogen) atoms. The van der Waals surface area contributed by atoms with E-state index in [-0.39, 0.29) is 12.5 Å². The van der Waals surface area contributed by atoms with E-state index in [1.165, 1.54) is 0 Å². The molecular weight excluding hydrogens is 292 g/mol. The van der Waals surface area contributed by atoms with E-state index in [0.29, 0.717) is 29.7 Å². The Morgan fingerprint density at radius 3 is 2.95 bits per heavy atom. The molecule has 1 amide bonds. The molecule has 2 N–H and O–H groups in total. The van der Waals surface area contributed by atoms with Crippen molar-refractivity contribution in [3.8, 4) is 5.75 Å². The highest BCUT2D eigenvalue weighted by Crippen LogP contribution is 2.34. The number of ether oxygens (including phenoxy) is 1. The first-order chi connectivity index (χ1) is 10.1. The van der Waals surface area contributed by atoms with E-state index in [4.69, 9.17) is 22.1 Å². The zero-order chi connectivity index (χ0) is 14.8. The summed E-state index contributed by atoms with van der Waals surface area (Å²) in [6, 6.07) is 7.03. The van der Waals surface area contributed by atoms with Crippen LogP contribution < -0.4 is 15.4 Å². The molecule has 1 aliphatic rings. The van der Waals surface area contributed by atoms with Crippen LogP contribution in [0.1, 0.15) is 6.42 Å². The second-order valence-electron chi connectivity index (χ2n) is 4.80. The molecule has 0 saturated carbocycles. The van der Waals surface area contributed by atoms with Gasteiger partial charge in [-0.2, -0.15) is 5.10 Å². The zero-order valence-electron chi connectivity index (χ0n) is 11.3. The lowest BCUT2D eigenvalue weighted by Gasteiger charge is -2.29. The maximum absolute atomic E-state index is 12.0. The largest absolute Gasteiger partial charge is 0.482 e. The predicted octanol–water partition coefficient (Wildman–Crippen LogP) is 1.93. The molecule has 3 rings (SSSR count). The number of hydrogen-bond donors (Lipinski definition) is 1. The van der Waals surface area contributed by atoms with Gasteiger partial charge in [0, 0.05) is 24.3 Å². The number of rotatable bonds is 4. The van der Waals surface area contributed by atoms with Crippen LogP contribution in [0.5, 0.6) is 5.75 Å². The second kappa shape index (κ2) is 5.65. The van der Waals surface area contributed by atoms with E-state index in [0.717, 1.165) is 12.1 Å². The number of amides is 1. The van der Waals surface area contributed by atoms with E-state index in [1.54, 1.807) is 33.8 Å². The Bertz CT molecular complexity index is 671. The fourth-order valence-corrected chi connectivity index (χ4v) is 2.48. The molecule has 1 aliphatic heterocycles. The number of hydrogen-bond acceptors (Lipinski definition) is 4. The van der Waals surface area contributed by atoms with Gasteiger partial charge in [0.05, 0.1) is 5.69 Å². The maximum atomic E-state index is 12.0. The molecule has 0 radical (unpaired) electrons. The van der Waals surface area contributed by atoms with E-state index in [1.807, 2.05) is 6.20 Å². The van der Waals surface area contributed by atoms with Crippen LogP contribution in [0.3, 0.4) is 0 Å². The molecular formula is C14H15ClN4O2. The van der Waals surface area contributed by atoms with Crippen molar-refractivity contribution in [2.24, 2.45) is 0 Å². The average molecular weight is 307 g/mol. The molecule has 7 heteroatoms. The molecule has 0 bridgehead atoms. The summed E-state index contributed by atoms with van der Waals surface area (Å²) in [4.78, 5) is 13.7. The minimum absolute atomic E-state index is 0.0589. The number of aromatic nitrogens is 2. The first-order valence-corrected chi connectivity index (χ1v) is 7.03. The van der Waals surface area contributed by atoms with Crippen LogP contribution in [0.4, 0.5) is 11.5 Å². The quantitative estimate of drug-likeness (QED) is 0.937. The molecule has 0 spiro atoms. The molecule has 1 aromatic heterocycles. The third-order valence-electron chi connectivity index (χ3n) is 3.29. The molecule has 0 atom stereocenters. The summed E-state index contributed by atoms with van der Waals surface area (Å²) in [6.45, 7) is 1.33. The number of carbonyl (C=O) groups is 1. The van der Waals surface area contributed by atoms with Crippen molar-refractivity contribution in [1.82, 2.24) is 9.78 Å². The number of halogens is 1. The fraction of sp³-hybridized carbons (Fsp3) is 0.286. The molecule has 110 valence electrons. The van der Waals surface area contributed by atoms with Crippen molar-refractivity contribution in [2.45, 2.75) is 13.0 Å². The molecule has 2 heterocycles. The highest BCUT2D eigenvalue weighted by atomic mass is 35.5. The third kappa shape index (κ3) is 2.95. The summed E-state index contributed by atoms with van der Waals surface area (Å²) in [5.41, 5.74) is 6.29. The van der Waals surface area contributed by atoms with Crippen molar-refractivity contribution >= 4 is 29.0 Å². The summed E-state index contributed by atoms with van der Waals surface area (Å²) < 4.78 is 7.17. The Morgan fingerprint density at radius 2 is 2.19 bits per heavy atom. The molecule has 0 aliphatic carbocycles. The monoisotopic (exact) mass is 306 g/mol. The Kier molecular flexibility index (Phi) is 3.70. The highest BCUT2D eigenvalue weighted by molar-refractivity contribution is 6.31. The number of carbonyl (C=O) groups excluding carboxylic acids is 1. The maximum Gasteiger partial charge on any atom is 0.265 e. The van der Waals surface area contributed by atoms with Crippen LogP contribution in [-0.4, -0.2) is 28.8 Å². The SMILES string of the molecule is Nc1ccn(CCCN2C(=O)COc3ccc(Cl)cc32)n1. The molecule has 0 unspecified atom stereocenters. The lowest BCUT2D eigenvalue weighted by atomic mass is 10.2. The van der Waals surface area contributed by atoms with Crippen LogP contribution in [0.25, 0.3) is 0 Å². The van der Waals surface area contributed by atoms with Crippen LogP contribution in [0, 0.1) is 0 Å². The smallest absolute Gasteiger partial charge is 0.265 e. The van der Waals surface area contributed by atoms with Crippen LogP contribution in [0.15, 0.2) is 30.5 Å². The van der Waals surface area contributed by atoms with E-state index in [2.05, 4.69) is 5.10 Å². The standard InChI is InChI=1S/C14H15ClN4O2/c15-10-2-3-12-11(8-10)19(14(20)9-21-12)6-1-5-18-7-4-13(16)17-18/h2-4,7-8H,1,5-6,9H2,(H2,16,17). The number of nitrogens with two attached hydrogens (primary N) is 1. The lowest BCUT2D eigenvalue weighted by molar-refractivity contribution is -0.121. The van der Waals surface area contributed by atoms with Gasteiger partial charge in [0.15, 0.2) is 6.61 Å². The second-order valence-corrected chi connectivity index (χ2v) is 5.24. The van der Waals surface area contributed by atoms with Crippen molar-refractivity contribution in [1.29, 1.82) is 0 Å². The molecule has 2 aromatic rings. The first-order valence-electron chi connectivity index (χ1n) is 6.65. The Balaban J connectivity index is 1.70. The van der Waals surface area contributed by atoms with Gasteiger partial charge in [-0.1, -0.05) is 11.6 Å². The number of nitrogens with zero attached hydrogens (tertiary/aromatic N) is 3. The molecule has 1 aromatic carbocycles. The number of nitrogen functional groups attached to an aromatic ring is 1. The van der Waals surface area contributed by atoms with Crippen LogP contribution >= 0.6 is 11.6 Å². The minimum Gasteiger partial charge on any atom is -0.482 e. The highest BCUT2D eigenvalue weighted by Gasteiger charge is 2.25. The van der Waals surface area contributed by atoms with Crippen molar-refractivity contribution < 1.29 is 9.53 Å². The summed E-state index contributed by atoms with van der Waals surface area (Å²) in [6.07, 6.45) is 2.58. The van der Waals surface area contributed by atoms with Crippen molar-refractivity contribution in [3.63, 3.8) is 0 Å². The van der Waals surface area contributed by atoms with Gasteiger partial charge in [-0.25, -0.2) is 0 Å². The fourth-order valence-electron chi connectivity index (χ4n) is 2.31. The van der Waals surface area contributed by atoms with Crippen molar-refractivity contribution in [3.05, 3.63) is 35.5 Å². The molecule has 6 nitrogen and oxygen atoms in total. The van der Waals surface area contributed by atoms with Gasteiger partial charge in [-0.05, 0) is 30.7 Å². The van der Waals surface area contributed by atoms with Gasteiger partial charge in [0.1, 0.15) is 11.6 Å². The Morgan fingerprint density at radius 1 is 1.33 bits per heavy atom. The summed E-state index contributed by atoms with van der Waals surface area (Å²) >= 11 is 6.00. The normalized spacial score (nSPS) is 14.0. The zero-order valence-corrected chi connectivity index (χ0v) is 12.1. The number of anilines is 2. The van der Waals surface area contributed by atoms with Gasteiger partial charge >= 0.3 is 0 Å². The minimum atomic E-state index is -0.0651. The number of fused-ring (bicyclic) bond motifs is 1.